The number of anilines is 5. The van der Waals surface area contributed by atoms with Gasteiger partial charge >= 0.3 is 0 Å². The Hall–Kier alpha value is -3.98. The summed E-state index contributed by atoms with van der Waals surface area (Å²) in [5, 5.41) is 10.0. The van der Waals surface area contributed by atoms with Gasteiger partial charge in [0, 0.05) is 50.4 Å². The number of carbonyl (C=O) groups is 2. The second-order valence-corrected chi connectivity index (χ2v) is 9.89. The number of benzene rings is 2. The van der Waals surface area contributed by atoms with Gasteiger partial charge in [0.1, 0.15) is 5.69 Å². The van der Waals surface area contributed by atoms with Crippen LogP contribution in [0.2, 0.25) is 0 Å². The first-order chi connectivity index (χ1) is 18.1. The van der Waals surface area contributed by atoms with Crippen LogP contribution in [-0.2, 0) is 0 Å². The molecule has 2 fully saturated rings. The number of fused-ring (bicyclic) bond motifs is 2. The lowest BCUT2D eigenvalue weighted by molar-refractivity contribution is 0.0735. The Labute approximate surface area is 216 Å². The smallest absolute Gasteiger partial charge is 0.260 e. The van der Waals surface area contributed by atoms with Crippen LogP contribution in [0.25, 0.3) is 0 Å². The fraction of sp³-hybridized carbons (Fsp3) is 0.357. The predicted octanol–water partition coefficient (Wildman–Crippen LogP) is 4.26. The van der Waals surface area contributed by atoms with Gasteiger partial charge in [-0.05, 0) is 49.2 Å². The number of aromatic nitrogens is 2. The quantitative estimate of drug-likeness (QED) is 0.495. The normalized spacial score (nSPS) is 17.6. The lowest BCUT2D eigenvalue weighted by Gasteiger charge is -2.27. The van der Waals surface area contributed by atoms with Crippen LogP contribution in [-0.4, -0.2) is 59.9 Å². The molecule has 6 rings (SSSR count). The highest BCUT2D eigenvalue weighted by Gasteiger charge is 2.32. The second kappa shape index (κ2) is 9.82. The Kier molecular flexibility index (Phi) is 6.21. The van der Waals surface area contributed by atoms with Crippen LogP contribution in [0.15, 0.2) is 48.5 Å². The average molecular weight is 498 g/mol. The number of amides is 2. The molecule has 9 heteroatoms. The van der Waals surface area contributed by atoms with Gasteiger partial charge in [-0.2, -0.15) is 4.98 Å². The molecule has 1 aliphatic carbocycles. The summed E-state index contributed by atoms with van der Waals surface area (Å²) in [7, 11) is 1.80. The van der Waals surface area contributed by atoms with Crippen molar-refractivity contribution in [2.45, 2.75) is 31.6 Å². The minimum absolute atomic E-state index is 0.0495. The fourth-order valence-electron chi connectivity index (χ4n) is 5.49. The van der Waals surface area contributed by atoms with Gasteiger partial charge in [-0.15, -0.1) is 0 Å². The molecule has 9 nitrogen and oxygen atoms in total. The fourth-order valence-corrected chi connectivity index (χ4v) is 5.49. The van der Waals surface area contributed by atoms with E-state index in [1.54, 1.807) is 11.9 Å². The van der Waals surface area contributed by atoms with Crippen molar-refractivity contribution in [2.24, 2.45) is 0 Å². The van der Waals surface area contributed by atoms with E-state index >= 15 is 0 Å². The minimum Gasteiger partial charge on any atom is -0.338 e. The van der Waals surface area contributed by atoms with Crippen LogP contribution >= 0.6 is 0 Å². The lowest BCUT2D eigenvalue weighted by Crippen LogP contribution is -2.46. The number of carbonyl (C=O) groups excluding carboxylic acids is 2. The molecular weight excluding hydrogens is 466 g/mol. The number of hydrogen-bond acceptors (Lipinski definition) is 7. The molecule has 3 aromatic rings. The number of rotatable bonds is 4. The van der Waals surface area contributed by atoms with E-state index in [-0.39, 0.29) is 17.7 Å². The van der Waals surface area contributed by atoms with E-state index in [1.165, 1.54) is 0 Å². The van der Waals surface area contributed by atoms with Gasteiger partial charge in [-0.1, -0.05) is 25.0 Å². The van der Waals surface area contributed by atoms with E-state index in [2.05, 4.69) is 16.0 Å². The largest absolute Gasteiger partial charge is 0.338 e. The maximum absolute atomic E-state index is 13.3. The highest BCUT2D eigenvalue weighted by atomic mass is 16.2. The van der Waals surface area contributed by atoms with E-state index in [1.807, 2.05) is 53.4 Å². The number of piperazine rings is 1. The van der Waals surface area contributed by atoms with Crippen molar-refractivity contribution < 1.29 is 9.59 Å². The highest BCUT2D eigenvalue weighted by Crippen LogP contribution is 2.44. The number of nitrogens with one attached hydrogen (secondary N) is 3. The van der Waals surface area contributed by atoms with Crippen LogP contribution in [0.5, 0.6) is 0 Å². The van der Waals surface area contributed by atoms with Crippen LogP contribution in [0.3, 0.4) is 0 Å². The Balaban J connectivity index is 1.33. The minimum atomic E-state index is -0.0739. The summed E-state index contributed by atoms with van der Waals surface area (Å²) in [4.78, 5) is 39.5. The average Bonchev–Trinajstić information content (AvgIpc) is 3.45. The molecule has 0 bridgehead atoms. The molecule has 2 amide bonds. The molecule has 1 aromatic heterocycles. The van der Waals surface area contributed by atoms with Crippen molar-refractivity contribution in [3.8, 4) is 0 Å². The zero-order valence-corrected chi connectivity index (χ0v) is 21.0. The molecule has 0 radical (unpaired) electrons. The number of para-hydroxylation sites is 1. The topological polar surface area (TPSA) is 102 Å². The molecule has 3 aliphatic rings. The Morgan fingerprint density at radius 1 is 1.00 bits per heavy atom. The maximum atomic E-state index is 13.3. The summed E-state index contributed by atoms with van der Waals surface area (Å²) in [5.74, 6) is 1.33. The molecule has 1 saturated carbocycles. The standard InChI is InChI=1S/C28H31N7O2/c1-34-24-23(18-6-2-3-7-18)32-28(33-25(24)31-22-9-5-4-8-21(22)27(34)37)30-20-12-10-19(11-13-20)26(36)35-16-14-29-15-17-35/h4-5,8-13,18,29H,2-3,6-7,14-17H2,1H3,(H2,30,31,32,33). The first kappa shape index (κ1) is 23.4. The van der Waals surface area contributed by atoms with E-state index in [4.69, 9.17) is 9.97 Å². The molecule has 37 heavy (non-hydrogen) atoms. The van der Waals surface area contributed by atoms with Gasteiger partial charge in [-0.3, -0.25) is 9.59 Å². The molecule has 0 atom stereocenters. The number of hydrogen-bond donors (Lipinski definition) is 3. The molecule has 0 unspecified atom stereocenters. The molecule has 2 aromatic carbocycles. The van der Waals surface area contributed by atoms with Gasteiger partial charge < -0.3 is 25.8 Å². The first-order valence-electron chi connectivity index (χ1n) is 13.0. The van der Waals surface area contributed by atoms with Gasteiger partial charge in [0.2, 0.25) is 5.95 Å². The van der Waals surface area contributed by atoms with Crippen molar-refractivity contribution in [1.82, 2.24) is 20.2 Å². The van der Waals surface area contributed by atoms with Gasteiger partial charge in [0.15, 0.2) is 5.82 Å². The monoisotopic (exact) mass is 497 g/mol. The van der Waals surface area contributed by atoms with E-state index in [9.17, 15) is 9.59 Å². The second-order valence-electron chi connectivity index (χ2n) is 9.89. The van der Waals surface area contributed by atoms with Crippen LogP contribution in [0, 0.1) is 0 Å². The van der Waals surface area contributed by atoms with Crippen molar-refractivity contribution in [2.75, 3.05) is 48.8 Å². The number of nitrogens with zero attached hydrogens (tertiary/aromatic N) is 4. The summed E-state index contributed by atoms with van der Waals surface area (Å²) in [5.41, 5.74) is 4.45. The van der Waals surface area contributed by atoms with Gasteiger partial charge in [-0.25, -0.2) is 4.98 Å². The van der Waals surface area contributed by atoms with E-state index in [0.29, 0.717) is 22.9 Å². The molecule has 3 heterocycles. The summed E-state index contributed by atoms with van der Waals surface area (Å²) < 4.78 is 0. The van der Waals surface area contributed by atoms with Gasteiger partial charge in [0.25, 0.3) is 11.8 Å². The molecule has 3 N–H and O–H groups in total. The van der Waals surface area contributed by atoms with E-state index in [0.717, 1.165) is 74.6 Å². The summed E-state index contributed by atoms with van der Waals surface area (Å²) in [6.07, 6.45) is 4.39. The summed E-state index contributed by atoms with van der Waals surface area (Å²) >= 11 is 0. The van der Waals surface area contributed by atoms with Crippen molar-refractivity contribution in [1.29, 1.82) is 0 Å². The van der Waals surface area contributed by atoms with Gasteiger partial charge in [0.05, 0.1) is 16.9 Å². The summed E-state index contributed by atoms with van der Waals surface area (Å²) in [6, 6.07) is 15.0. The van der Waals surface area contributed by atoms with Crippen molar-refractivity contribution in [3.63, 3.8) is 0 Å². The third-order valence-corrected chi connectivity index (χ3v) is 7.50. The SMILES string of the molecule is CN1C(=O)c2ccccc2Nc2nc(Nc3ccc(C(=O)N4CCNCC4)cc3)nc(C3CCCC3)c21. The Morgan fingerprint density at radius 2 is 1.73 bits per heavy atom. The van der Waals surface area contributed by atoms with Crippen molar-refractivity contribution >= 4 is 40.6 Å². The van der Waals surface area contributed by atoms with Crippen molar-refractivity contribution in [3.05, 3.63) is 65.4 Å². The molecule has 0 spiro atoms. The Bertz CT molecular complexity index is 1330. The van der Waals surface area contributed by atoms with Crippen LogP contribution in [0.1, 0.15) is 58.0 Å². The first-order valence-corrected chi connectivity index (χ1v) is 13.0. The summed E-state index contributed by atoms with van der Waals surface area (Å²) in [6.45, 7) is 3.09. The zero-order chi connectivity index (χ0) is 25.4. The predicted molar refractivity (Wildman–Crippen MR) is 144 cm³/mol. The molecule has 2 aliphatic heterocycles. The Morgan fingerprint density at radius 3 is 2.49 bits per heavy atom. The maximum Gasteiger partial charge on any atom is 0.260 e. The van der Waals surface area contributed by atoms with Crippen LogP contribution in [0.4, 0.5) is 28.8 Å². The van der Waals surface area contributed by atoms with Crippen LogP contribution < -0.4 is 20.9 Å². The zero-order valence-electron chi connectivity index (χ0n) is 21.0. The third kappa shape index (κ3) is 4.51. The lowest BCUT2D eigenvalue weighted by atomic mass is 10.0. The molecule has 190 valence electrons. The van der Waals surface area contributed by atoms with E-state index < -0.39 is 0 Å². The third-order valence-electron chi connectivity index (χ3n) is 7.50. The highest BCUT2D eigenvalue weighted by molar-refractivity contribution is 6.13. The molecule has 1 saturated heterocycles. The molecular formula is C28H31N7O2.